The van der Waals surface area contributed by atoms with E-state index in [0.29, 0.717) is 18.6 Å². The minimum Gasteiger partial charge on any atom is -0.494 e. The maximum atomic E-state index is 12.0. The molecule has 1 aromatic rings. The molecule has 1 amide bonds. The van der Waals surface area contributed by atoms with E-state index in [0.717, 1.165) is 31.4 Å². The highest BCUT2D eigenvalue weighted by atomic mass is 16.5. The van der Waals surface area contributed by atoms with Crippen LogP contribution in [0, 0.1) is 0 Å². The minimum atomic E-state index is -0.303. The number of Topliss-reactive ketones (excluding diaryl/α,β-unsaturated/α-hetero) is 1. The van der Waals surface area contributed by atoms with Crippen molar-refractivity contribution in [3.05, 3.63) is 29.8 Å². The Bertz CT molecular complexity index is 467. The molecule has 1 unspecified atom stereocenters. The number of carbonyl (C=O) groups is 2. The van der Waals surface area contributed by atoms with Crippen molar-refractivity contribution in [3.8, 4) is 5.75 Å². The number of carbonyl (C=O) groups excluding carboxylic acids is 2. The maximum absolute atomic E-state index is 12.0. The molecule has 0 saturated heterocycles. The minimum absolute atomic E-state index is 0.137. The molecule has 0 radical (unpaired) electrons. The summed E-state index contributed by atoms with van der Waals surface area (Å²) in [6.07, 6.45) is 4.31. The van der Waals surface area contributed by atoms with E-state index in [1.807, 2.05) is 0 Å². The first-order valence-electron chi connectivity index (χ1n) is 7.27. The second kappa shape index (κ2) is 7.08. The first kappa shape index (κ1) is 14.6. The van der Waals surface area contributed by atoms with Gasteiger partial charge in [-0.05, 0) is 43.5 Å². The van der Waals surface area contributed by atoms with Crippen LogP contribution in [0.3, 0.4) is 0 Å². The highest BCUT2D eigenvalue weighted by molar-refractivity contribution is 5.98. The van der Waals surface area contributed by atoms with Gasteiger partial charge in [-0.15, -0.1) is 0 Å². The molecule has 2 rings (SSSR count). The van der Waals surface area contributed by atoms with Crippen LogP contribution < -0.4 is 10.1 Å². The average molecular weight is 275 g/mol. The van der Waals surface area contributed by atoms with E-state index in [1.165, 1.54) is 0 Å². The molecule has 0 spiro atoms. The van der Waals surface area contributed by atoms with Gasteiger partial charge in [-0.1, -0.05) is 13.3 Å². The van der Waals surface area contributed by atoms with Gasteiger partial charge < -0.3 is 10.1 Å². The summed E-state index contributed by atoms with van der Waals surface area (Å²) in [5.74, 6) is 0.718. The molecule has 20 heavy (non-hydrogen) atoms. The molecule has 0 bridgehead atoms. The second-order valence-corrected chi connectivity index (χ2v) is 5.11. The number of ketones is 1. The Labute approximate surface area is 119 Å². The lowest BCUT2D eigenvalue weighted by molar-refractivity contribution is -0.118. The molecule has 0 aliphatic heterocycles. The number of amides is 1. The first-order valence-corrected chi connectivity index (χ1v) is 7.27. The van der Waals surface area contributed by atoms with Crippen molar-refractivity contribution in [2.24, 2.45) is 0 Å². The van der Waals surface area contributed by atoms with Crippen LogP contribution in [0.1, 0.15) is 49.4 Å². The standard InChI is InChI=1S/C16H21NO3/c1-2-3-11-20-13-9-7-12(8-10-13)16(19)17-14-5-4-6-15(14)18/h7-10,14H,2-6,11H2,1H3,(H,17,19). The van der Waals surface area contributed by atoms with Crippen molar-refractivity contribution >= 4 is 11.7 Å². The van der Waals surface area contributed by atoms with E-state index in [4.69, 9.17) is 4.74 Å². The quantitative estimate of drug-likeness (QED) is 0.812. The number of hydrogen-bond acceptors (Lipinski definition) is 3. The van der Waals surface area contributed by atoms with Gasteiger partial charge in [-0.2, -0.15) is 0 Å². The highest BCUT2D eigenvalue weighted by Crippen LogP contribution is 2.16. The van der Waals surface area contributed by atoms with E-state index in [9.17, 15) is 9.59 Å². The summed E-state index contributed by atoms with van der Waals surface area (Å²) < 4.78 is 5.55. The summed E-state index contributed by atoms with van der Waals surface area (Å²) in [7, 11) is 0. The molecular weight excluding hydrogens is 254 g/mol. The molecule has 4 nitrogen and oxygen atoms in total. The SMILES string of the molecule is CCCCOc1ccc(C(=O)NC2CCCC2=O)cc1. The second-order valence-electron chi connectivity index (χ2n) is 5.11. The molecule has 108 valence electrons. The fourth-order valence-electron chi connectivity index (χ4n) is 2.25. The van der Waals surface area contributed by atoms with Crippen molar-refractivity contribution in [2.45, 2.75) is 45.1 Å². The first-order chi connectivity index (χ1) is 9.70. The summed E-state index contributed by atoms with van der Waals surface area (Å²) in [5.41, 5.74) is 0.563. The van der Waals surface area contributed by atoms with Gasteiger partial charge in [0.25, 0.3) is 5.91 Å². The number of rotatable bonds is 6. The van der Waals surface area contributed by atoms with Crippen LogP contribution in [-0.2, 0) is 4.79 Å². The van der Waals surface area contributed by atoms with Gasteiger partial charge in [0.1, 0.15) is 5.75 Å². The monoisotopic (exact) mass is 275 g/mol. The van der Waals surface area contributed by atoms with Crippen LogP contribution in [0.15, 0.2) is 24.3 Å². The van der Waals surface area contributed by atoms with Crippen molar-refractivity contribution in [1.29, 1.82) is 0 Å². The van der Waals surface area contributed by atoms with Gasteiger partial charge in [0.05, 0.1) is 12.6 Å². The van der Waals surface area contributed by atoms with Gasteiger partial charge in [0.2, 0.25) is 0 Å². The Morgan fingerprint density at radius 3 is 2.70 bits per heavy atom. The predicted octanol–water partition coefficient (Wildman–Crippen LogP) is 2.72. The van der Waals surface area contributed by atoms with Crippen LogP contribution in [-0.4, -0.2) is 24.3 Å². The van der Waals surface area contributed by atoms with Crippen LogP contribution in [0.4, 0.5) is 0 Å². The van der Waals surface area contributed by atoms with Gasteiger partial charge in [-0.3, -0.25) is 9.59 Å². The molecule has 1 atom stereocenters. The fourth-order valence-corrected chi connectivity index (χ4v) is 2.25. The number of nitrogens with one attached hydrogen (secondary N) is 1. The van der Waals surface area contributed by atoms with E-state index < -0.39 is 0 Å². The number of ether oxygens (including phenoxy) is 1. The Morgan fingerprint density at radius 2 is 2.10 bits per heavy atom. The molecule has 0 aromatic heterocycles. The fraction of sp³-hybridized carbons (Fsp3) is 0.500. The molecule has 1 N–H and O–H groups in total. The third-order valence-corrected chi connectivity index (χ3v) is 3.49. The van der Waals surface area contributed by atoms with Gasteiger partial charge in [0, 0.05) is 12.0 Å². The lowest BCUT2D eigenvalue weighted by Crippen LogP contribution is -2.37. The van der Waals surface area contributed by atoms with Gasteiger partial charge in [-0.25, -0.2) is 0 Å². The van der Waals surface area contributed by atoms with Gasteiger partial charge >= 0.3 is 0 Å². The van der Waals surface area contributed by atoms with Crippen LogP contribution in [0.2, 0.25) is 0 Å². The van der Waals surface area contributed by atoms with Gasteiger partial charge in [0.15, 0.2) is 5.78 Å². The summed E-state index contributed by atoms with van der Waals surface area (Å²) in [4.78, 5) is 23.5. The Balaban J connectivity index is 1.88. The summed E-state index contributed by atoms with van der Waals surface area (Å²) in [6.45, 7) is 2.81. The maximum Gasteiger partial charge on any atom is 0.251 e. The molecule has 1 aliphatic rings. The lowest BCUT2D eigenvalue weighted by atomic mass is 10.1. The molecule has 4 heteroatoms. The Morgan fingerprint density at radius 1 is 1.35 bits per heavy atom. The molecule has 0 heterocycles. The molecular formula is C16H21NO3. The zero-order valence-electron chi connectivity index (χ0n) is 11.9. The molecule has 1 fully saturated rings. The van der Waals surface area contributed by atoms with Crippen LogP contribution in [0.5, 0.6) is 5.75 Å². The summed E-state index contributed by atoms with van der Waals surface area (Å²) in [6, 6.07) is 6.75. The zero-order chi connectivity index (χ0) is 14.4. The number of benzene rings is 1. The number of unbranched alkanes of at least 4 members (excludes halogenated alkanes) is 1. The third kappa shape index (κ3) is 3.83. The van der Waals surface area contributed by atoms with E-state index in [-0.39, 0.29) is 17.7 Å². The Kier molecular flexibility index (Phi) is 5.16. The normalized spacial score (nSPS) is 18.1. The van der Waals surface area contributed by atoms with E-state index in [1.54, 1.807) is 24.3 Å². The smallest absolute Gasteiger partial charge is 0.251 e. The van der Waals surface area contributed by atoms with Crippen LogP contribution >= 0.6 is 0 Å². The van der Waals surface area contributed by atoms with Crippen LogP contribution in [0.25, 0.3) is 0 Å². The van der Waals surface area contributed by atoms with Crippen molar-refractivity contribution < 1.29 is 14.3 Å². The zero-order valence-corrected chi connectivity index (χ0v) is 11.9. The number of hydrogen-bond donors (Lipinski definition) is 1. The topological polar surface area (TPSA) is 55.4 Å². The van der Waals surface area contributed by atoms with Crippen molar-refractivity contribution in [3.63, 3.8) is 0 Å². The van der Waals surface area contributed by atoms with Crippen molar-refractivity contribution in [1.82, 2.24) is 5.32 Å². The van der Waals surface area contributed by atoms with E-state index >= 15 is 0 Å². The lowest BCUT2D eigenvalue weighted by Gasteiger charge is -2.11. The Hall–Kier alpha value is -1.84. The molecule has 1 saturated carbocycles. The highest BCUT2D eigenvalue weighted by Gasteiger charge is 2.25. The molecule has 1 aliphatic carbocycles. The average Bonchev–Trinajstić information content (AvgIpc) is 2.85. The summed E-state index contributed by atoms with van der Waals surface area (Å²) in [5, 5.41) is 2.79. The third-order valence-electron chi connectivity index (χ3n) is 3.49. The van der Waals surface area contributed by atoms with Crippen molar-refractivity contribution in [2.75, 3.05) is 6.61 Å². The predicted molar refractivity (Wildman–Crippen MR) is 77.0 cm³/mol. The van der Waals surface area contributed by atoms with E-state index in [2.05, 4.69) is 12.2 Å². The summed E-state index contributed by atoms with van der Waals surface area (Å²) >= 11 is 0. The largest absolute Gasteiger partial charge is 0.494 e. The molecule has 1 aromatic carbocycles.